The number of pyridine rings is 4. The molecule has 37 heavy (non-hydrogen) atoms. The smallest absolute Gasteiger partial charge is 0.0886 e. The number of hydrogen-bond donors (Lipinski definition) is 0. The third-order valence-electron chi connectivity index (χ3n) is 4.89. The summed E-state index contributed by atoms with van der Waals surface area (Å²) >= 11 is 0. The Morgan fingerprint density at radius 3 is 0.946 bits per heavy atom. The molecule has 0 aliphatic carbocycles. The van der Waals surface area contributed by atoms with Crippen LogP contribution in [0.2, 0.25) is 0 Å². The summed E-state index contributed by atoms with van der Waals surface area (Å²) in [5.74, 6) is 0. The predicted molar refractivity (Wildman–Crippen MR) is 144 cm³/mol. The zero-order valence-corrected chi connectivity index (χ0v) is 22.4. The van der Waals surface area contributed by atoms with Crippen molar-refractivity contribution in [2.45, 2.75) is 0 Å². The Morgan fingerprint density at radius 1 is 0.351 bits per heavy atom. The first-order valence-corrected chi connectivity index (χ1v) is 11.5. The van der Waals surface area contributed by atoms with Crippen LogP contribution in [0.1, 0.15) is 0 Å². The first-order valence-electron chi connectivity index (χ1n) is 11.5. The number of nitrogens with zero attached hydrogens (tertiary/aromatic N) is 4. The number of hydrogen-bond acceptors (Lipinski definition) is 4. The summed E-state index contributed by atoms with van der Waals surface area (Å²) in [5.41, 5.74) is 5.85. The third-order valence-corrected chi connectivity index (χ3v) is 4.89. The van der Waals surface area contributed by atoms with E-state index in [2.05, 4.69) is 32.1 Å². The molecule has 0 bridgehead atoms. The summed E-state index contributed by atoms with van der Waals surface area (Å²) in [7, 11) is 0. The van der Waals surface area contributed by atoms with Gasteiger partial charge in [-0.15, -0.1) is 71.8 Å². The van der Waals surface area contributed by atoms with Crippen molar-refractivity contribution in [2.75, 3.05) is 0 Å². The minimum absolute atomic E-state index is 0. The van der Waals surface area contributed by atoms with Crippen molar-refractivity contribution in [1.29, 1.82) is 0 Å². The summed E-state index contributed by atoms with van der Waals surface area (Å²) in [4.78, 5) is 16.8. The molecule has 0 saturated heterocycles. The van der Waals surface area contributed by atoms with Crippen molar-refractivity contribution < 1.29 is 20.1 Å². The average molecular weight is 657 g/mol. The second-order valence-corrected chi connectivity index (χ2v) is 7.41. The molecule has 0 amide bonds. The molecular formula is C32H24IrN4-2. The van der Waals surface area contributed by atoms with Crippen LogP contribution in [0.5, 0.6) is 0 Å². The fourth-order valence-corrected chi connectivity index (χ4v) is 3.18. The van der Waals surface area contributed by atoms with E-state index in [9.17, 15) is 0 Å². The van der Waals surface area contributed by atoms with Crippen molar-refractivity contribution >= 4 is 0 Å². The van der Waals surface area contributed by atoms with Crippen LogP contribution in [0.15, 0.2) is 146 Å². The van der Waals surface area contributed by atoms with Crippen LogP contribution in [0.25, 0.3) is 33.9 Å². The molecule has 0 fully saturated rings. The maximum absolute atomic E-state index is 4.22. The monoisotopic (exact) mass is 657 g/mol. The van der Waals surface area contributed by atoms with Gasteiger partial charge in [0.1, 0.15) is 0 Å². The number of benzene rings is 2. The van der Waals surface area contributed by atoms with Crippen molar-refractivity contribution in [3.63, 3.8) is 0 Å². The molecular weight excluding hydrogens is 633 g/mol. The van der Waals surface area contributed by atoms with Gasteiger partial charge in [-0.2, -0.15) is 0 Å². The van der Waals surface area contributed by atoms with E-state index in [0.717, 1.165) is 33.9 Å². The van der Waals surface area contributed by atoms with E-state index in [4.69, 9.17) is 0 Å². The first-order chi connectivity index (χ1) is 17.9. The Bertz CT molecular complexity index is 1100. The van der Waals surface area contributed by atoms with Crippen LogP contribution in [0, 0.1) is 12.1 Å². The standard InChI is InChI=1S/2C11H8N.C10H8N2.Ir/c2*1-2-6-10(7-3-1)11-8-4-5-9-12-11;1-3-7-11-9(5-1)10-6-2-4-8-12-10;/h2*1-6,8-9H;1-8H;/q2*-1;;. The van der Waals surface area contributed by atoms with E-state index in [1.807, 2.05) is 121 Å². The third kappa shape index (κ3) is 9.01. The van der Waals surface area contributed by atoms with Crippen LogP contribution in [-0.4, -0.2) is 19.9 Å². The van der Waals surface area contributed by atoms with Gasteiger partial charge in [0.2, 0.25) is 0 Å². The summed E-state index contributed by atoms with van der Waals surface area (Å²) in [6.45, 7) is 0. The van der Waals surface area contributed by atoms with E-state index in [0.29, 0.717) is 0 Å². The van der Waals surface area contributed by atoms with Crippen LogP contribution in [-0.2, 0) is 20.1 Å². The molecule has 1 radical (unpaired) electrons. The molecule has 4 nitrogen and oxygen atoms in total. The molecule has 4 aromatic heterocycles. The second-order valence-electron chi connectivity index (χ2n) is 7.41. The van der Waals surface area contributed by atoms with Gasteiger partial charge in [0.15, 0.2) is 0 Å². The Morgan fingerprint density at radius 2 is 0.676 bits per heavy atom. The van der Waals surface area contributed by atoms with Gasteiger partial charge in [-0.25, -0.2) is 0 Å². The minimum Gasteiger partial charge on any atom is -0.305 e. The van der Waals surface area contributed by atoms with E-state index in [-0.39, 0.29) is 20.1 Å². The molecule has 0 spiro atoms. The van der Waals surface area contributed by atoms with Gasteiger partial charge < -0.3 is 9.97 Å². The zero-order chi connectivity index (χ0) is 24.7. The van der Waals surface area contributed by atoms with Crippen LogP contribution in [0.4, 0.5) is 0 Å². The van der Waals surface area contributed by atoms with Crippen LogP contribution >= 0.6 is 0 Å². The van der Waals surface area contributed by atoms with E-state index in [1.54, 1.807) is 24.8 Å². The van der Waals surface area contributed by atoms with Crippen LogP contribution < -0.4 is 0 Å². The maximum Gasteiger partial charge on any atom is 0.0886 e. The van der Waals surface area contributed by atoms with Crippen molar-refractivity contribution in [3.05, 3.63) is 158 Å². The number of rotatable bonds is 3. The molecule has 0 aliphatic rings. The summed E-state index contributed by atoms with van der Waals surface area (Å²) in [5, 5.41) is 0. The Kier molecular flexibility index (Phi) is 11.5. The molecule has 6 rings (SSSR count). The number of aromatic nitrogens is 4. The molecule has 6 aromatic rings. The van der Waals surface area contributed by atoms with E-state index < -0.39 is 0 Å². The van der Waals surface area contributed by atoms with Crippen molar-refractivity contribution in [1.82, 2.24) is 19.9 Å². The van der Waals surface area contributed by atoms with Gasteiger partial charge in [0.05, 0.1) is 11.4 Å². The predicted octanol–water partition coefficient (Wildman–Crippen LogP) is 7.24. The normalized spacial score (nSPS) is 9.41. The SMILES string of the molecule is [Ir].[c-]1ccccc1-c1ccccn1.[c-]1ccccc1-c1ccccn1.c1ccc(-c2ccccn2)nc1. The van der Waals surface area contributed by atoms with E-state index >= 15 is 0 Å². The van der Waals surface area contributed by atoms with Gasteiger partial charge >= 0.3 is 0 Å². The molecule has 0 aliphatic heterocycles. The van der Waals surface area contributed by atoms with Gasteiger partial charge in [0, 0.05) is 44.9 Å². The molecule has 0 unspecified atom stereocenters. The fourth-order valence-electron chi connectivity index (χ4n) is 3.18. The van der Waals surface area contributed by atoms with Crippen molar-refractivity contribution in [2.24, 2.45) is 0 Å². The second kappa shape index (κ2) is 15.6. The largest absolute Gasteiger partial charge is 0.305 e. The molecule has 0 N–H and O–H groups in total. The fraction of sp³-hybridized carbons (Fsp3) is 0. The van der Waals surface area contributed by atoms with Gasteiger partial charge in [0.25, 0.3) is 0 Å². The average Bonchev–Trinajstić information content (AvgIpc) is 3.01. The Labute approximate surface area is 231 Å². The molecule has 183 valence electrons. The molecule has 2 aromatic carbocycles. The molecule has 4 heterocycles. The topological polar surface area (TPSA) is 51.6 Å². The van der Waals surface area contributed by atoms with Crippen molar-refractivity contribution in [3.8, 4) is 33.9 Å². The molecule has 5 heteroatoms. The zero-order valence-electron chi connectivity index (χ0n) is 20.0. The summed E-state index contributed by atoms with van der Waals surface area (Å²) in [6, 6.07) is 45.2. The van der Waals surface area contributed by atoms with Gasteiger partial charge in [-0.05, 0) is 47.8 Å². The summed E-state index contributed by atoms with van der Waals surface area (Å²) in [6.07, 6.45) is 7.11. The Balaban J connectivity index is 0.000000152. The quantitative estimate of drug-likeness (QED) is 0.189. The molecule has 0 atom stereocenters. The Hall–Kier alpha value is -4.31. The summed E-state index contributed by atoms with van der Waals surface area (Å²) < 4.78 is 0. The first kappa shape index (κ1) is 27.3. The van der Waals surface area contributed by atoms with Gasteiger partial charge in [-0.3, -0.25) is 9.97 Å². The van der Waals surface area contributed by atoms with Gasteiger partial charge in [-0.1, -0.05) is 36.4 Å². The maximum atomic E-state index is 4.22. The minimum atomic E-state index is 0. The van der Waals surface area contributed by atoms with Crippen LogP contribution in [0.3, 0.4) is 0 Å². The molecule has 0 saturated carbocycles. The van der Waals surface area contributed by atoms with E-state index in [1.165, 1.54) is 0 Å².